The fourth-order valence-electron chi connectivity index (χ4n) is 1.66. The number of hydrogen-bond acceptors (Lipinski definition) is 3. The second-order valence-electron chi connectivity index (χ2n) is 4.20. The fourth-order valence-corrected chi connectivity index (χ4v) is 1.66. The van der Waals surface area contributed by atoms with E-state index in [1.807, 2.05) is 13.8 Å². The summed E-state index contributed by atoms with van der Waals surface area (Å²) in [5, 5.41) is 2.75. The van der Waals surface area contributed by atoms with Crippen LogP contribution in [0.2, 0.25) is 0 Å². The van der Waals surface area contributed by atoms with Crippen molar-refractivity contribution in [3.63, 3.8) is 0 Å². The van der Waals surface area contributed by atoms with Crippen molar-refractivity contribution in [1.82, 2.24) is 24.8 Å². The van der Waals surface area contributed by atoms with Crippen molar-refractivity contribution >= 4 is 17.2 Å². The summed E-state index contributed by atoms with van der Waals surface area (Å²) in [7, 11) is 0. The molecule has 0 aliphatic heterocycles. The summed E-state index contributed by atoms with van der Waals surface area (Å²) >= 11 is 0. The van der Waals surface area contributed by atoms with Crippen LogP contribution in [0.1, 0.15) is 20.3 Å². The number of rotatable bonds is 4. The lowest BCUT2D eigenvalue weighted by atomic mass is 10.2. The molecule has 4 N–H and O–H groups in total. The molecule has 8 heteroatoms. The van der Waals surface area contributed by atoms with E-state index in [0.29, 0.717) is 11.3 Å². The van der Waals surface area contributed by atoms with Crippen LogP contribution in [0.25, 0.3) is 11.3 Å². The van der Waals surface area contributed by atoms with Crippen molar-refractivity contribution < 1.29 is 4.79 Å². The Morgan fingerprint density at radius 1 is 1.33 bits per heavy atom. The topological polar surface area (TPSA) is 116 Å². The summed E-state index contributed by atoms with van der Waals surface area (Å²) < 4.78 is 1.19. The second-order valence-corrected chi connectivity index (χ2v) is 4.20. The summed E-state index contributed by atoms with van der Waals surface area (Å²) in [6, 6.07) is 0.0490. The van der Waals surface area contributed by atoms with Crippen LogP contribution in [0.5, 0.6) is 0 Å². The van der Waals surface area contributed by atoms with Crippen molar-refractivity contribution in [1.29, 1.82) is 0 Å². The van der Waals surface area contributed by atoms with Gasteiger partial charge in [0.05, 0.1) is 0 Å². The highest BCUT2D eigenvalue weighted by molar-refractivity contribution is 5.78. The third kappa shape index (κ3) is 2.22. The van der Waals surface area contributed by atoms with Gasteiger partial charge in [-0.25, -0.2) is 9.59 Å². The molecule has 98 valence electrons. The Morgan fingerprint density at radius 3 is 2.72 bits per heavy atom. The number of nitrogens with one attached hydrogen (secondary N) is 4. The Hall–Kier alpha value is -2.25. The summed E-state index contributed by atoms with van der Waals surface area (Å²) in [5.74, 6) is -0.269. The van der Waals surface area contributed by atoms with E-state index in [-0.39, 0.29) is 18.5 Å². The van der Waals surface area contributed by atoms with Crippen molar-refractivity contribution in [3.8, 4) is 0 Å². The van der Waals surface area contributed by atoms with E-state index in [0.717, 1.165) is 6.42 Å². The third-order valence-corrected chi connectivity index (χ3v) is 2.78. The standard InChI is InChI=1S/C10H15N5O3/c1-3-5(2)11-6(16)4-15-8-7(13-10(15)18)12-9(17)14-8/h5H,3-4H2,1-2H3,(H,11,16)(H,13,18)(H2,12,14,17). The molecule has 18 heavy (non-hydrogen) atoms. The number of carbonyl (C=O) groups excluding carboxylic acids is 1. The summed E-state index contributed by atoms with van der Waals surface area (Å²) in [6.45, 7) is 3.71. The lowest BCUT2D eigenvalue weighted by Gasteiger charge is -2.11. The Labute approximate surface area is 101 Å². The zero-order valence-corrected chi connectivity index (χ0v) is 10.2. The average molecular weight is 253 g/mol. The molecule has 2 heterocycles. The molecule has 0 saturated heterocycles. The average Bonchev–Trinajstić information content (AvgIpc) is 2.77. The first kappa shape index (κ1) is 12.2. The molecule has 1 amide bonds. The highest BCUT2D eigenvalue weighted by Crippen LogP contribution is 2.00. The Balaban J connectivity index is 2.25. The molecule has 0 aliphatic rings. The van der Waals surface area contributed by atoms with Gasteiger partial charge in [-0.05, 0) is 13.3 Å². The van der Waals surface area contributed by atoms with Crippen molar-refractivity contribution in [2.24, 2.45) is 0 Å². The van der Waals surface area contributed by atoms with E-state index >= 15 is 0 Å². The van der Waals surface area contributed by atoms with E-state index in [1.54, 1.807) is 0 Å². The number of fused-ring (bicyclic) bond motifs is 1. The summed E-state index contributed by atoms with van der Waals surface area (Å²) in [4.78, 5) is 41.7. The van der Waals surface area contributed by atoms with Gasteiger partial charge in [-0.2, -0.15) is 0 Å². The van der Waals surface area contributed by atoms with Gasteiger partial charge < -0.3 is 5.32 Å². The Morgan fingerprint density at radius 2 is 2.06 bits per heavy atom. The fraction of sp³-hybridized carbons (Fsp3) is 0.500. The monoisotopic (exact) mass is 253 g/mol. The first-order valence-electron chi connectivity index (χ1n) is 5.71. The SMILES string of the molecule is CCC(C)NC(=O)Cn1c(=O)[nH]c2[nH]c(=O)[nH]c21. The molecule has 1 atom stereocenters. The van der Waals surface area contributed by atoms with E-state index in [2.05, 4.69) is 20.3 Å². The van der Waals surface area contributed by atoms with Gasteiger partial charge in [-0.1, -0.05) is 6.92 Å². The van der Waals surface area contributed by atoms with E-state index in [4.69, 9.17) is 0 Å². The van der Waals surface area contributed by atoms with Gasteiger partial charge in [-0.3, -0.25) is 24.3 Å². The van der Waals surface area contributed by atoms with Crippen LogP contribution >= 0.6 is 0 Å². The molecule has 0 fully saturated rings. The number of imidazole rings is 2. The summed E-state index contributed by atoms with van der Waals surface area (Å²) in [5.41, 5.74) is -0.273. The van der Waals surface area contributed by atoms with Crippen LogP contribution in [-0.4, -0.2) is 31.5 Å². The van der Waals surface area contributed by atoms with Crippen LogP contribution < -0.4 is 16.7 Å². The molecule has 0 radical (unpaired) electrons. The first-order valence-corrected chi connectivity index (χ1v) is 5.71. The Bertz CT molecular complexity index is 674. The van der Waals surface area contributed by atoms with Gasteiger partial charge in [0, 0.05) is 6.04 Å². The predicted molar refractivity (Wildman–Crippen MR) is 65.4 cm³/mol. The second kappa shape index (κ2) is 4.55. The van der Waals surface area contributed by atoms with Crippen LogP contribution in [0.15, 0.2) is 9.59 Å². The number of hydrogen-bond donors (Lipinski definition) is 4. The molecule has 0 bridgehead atoms. The van der Waals surface area contributed by atoms with Crippen LogP contribution in [0.4, 0.5) is 0 Å². The minimum atomic E-state index is -0.438. The molecular weight excluding hydrogens is 238 g/mol. The molecule has 2 aromatic rings. The van der Waals surface area contributed by atoms with Gasteiger partial charge in [-0.15, -0.1) is 0 Å². The first-order chi connectivity index (χ1) is 8.51. The van der Waals surface area contributed by atoms with Crippen LogP contribution in [-0.2, 0) is 11.3 Å². The maximum Gasteiger partial charge on any atom is 0.329 e. The minimum absolute atomic E-state index is 0.0490. The van der Waals surface area contributed by atoms with Crippen molar-refractivity contribution in [2.75, 3.05) is 0 Å². The van der Waals surface area contributed by atoms with E-state index < -0.39 is 11.4 Å². The molecule has 0 spiro atoms. The lowest BCUT2D eigenvalue weighted by molar-refractivity contribution is -0.122. The molecule has 2 aromatic heterocycles. The zero-order valence-electron chi connectivity index (χ0n) is 10.2. The third-order valence-electron chi connectivity index (χ3n) is 2.78. The predicted octanol–water partition coefficient (Wildman–Crippen LogP) is -0.739. The van der Waals surface area contributed by atoms with E-state index in [1.165, 1.54) is 4.57 Å². The number of carbonyl (C=O) groups is 1. The summed E-state index contributed by atoms with van der Waals surface area (Å²) in [6.07, 6.45) is 0.810. The molecular formula is C10H15N5O3. The maximum absolute atomic E-state index is 11.7. The number of aromatic nitrogens is 4. The molecule has 2 rings (SSSR count). The molecule has 0 aromatic carbocycles. The van der Waals surface area contributed by atoms with Crippen LogP contribution in [0, 0.1) is 0 Å². The normalized spacial score (nSPS) is 12.8. The van der Waals surface area contributed by atoms with Gasteiger partial charge in [0.2, 0.25) is 5.91 Å². The molecule has 8 nitrogen and oxygen atoms in total. The van der Waals surface area contributed by atoms with E-state index in [9.17, 15) is 14.4 Å². The van der Waals surface area contributed by atoms with Crippen molar-refractivity contribution in [3.05, 3.63) is 21.0 Å². The van der Waals surface area contributed by atoms with Gasteiger partial charge in [0.25, 0.3) is 0 Å². The minimum Gasteiger partial charge on any atom is -0.352 e. The van der Waals surface area contributed by atoms with Crippen LogP contribution in [0.3, 0.4) is 0 Å². The number of H-pyrrole nitrogens is 3. The number of amides is 1. The molecule has 0 saturated carbocycles. The number of nitrogens with zero attached hydrogens (tertiary/aromatic N) is 1. The maximum atomic E-state index is 11.7. The number of aromatic amines is 3. The zero-order chi connectivity index (χ0) is 13.3. The highest BCUT2D eigenvalue weighted by atomic mass is 16.2. The highest BCUT2D eigenvalue weighted by Gasteiger charge is 2.13. The molecule has 0 aliphatic carbocycles. The Kier molecular flexibility index (Phi) is 3.09. The van der Waals surface area contributed by atoms with Gasteiger partial charge in [0.15, 0.2) is 11.3 Å². The smallest absolute Gasteiger partial charge is 0.329 e. The lowest BCUT2D eigenvalue weighted by Crippen LogP contribution is -2.36. The van der Waals surface area contributed by atoms with Crippen molar-refractivity contribution in [2.45, 2.75) is 32.9 Å². The van der Waals surface area contributed by atoms with Gasteiger partial charge in [0.1, 0.15) is 6.54 Å². The molecule has 1 unspecified atom stereocenters. The van der Waals surface area contributed by atoms with Gasteiger partial charge >= 0.3 is 11.4 Å². The largest absolute Gasteiger partial charge is 0.352 e. The quantitative estimate of drug-likeness (QED) is 0.575.